The van der Waals surface area contributed by atoms with Crippen molar-refractivity contribution in [3.8, 4) is 0 Å². The van der Waals surface area contributed by atoms with Gasteiger partial charge in [0, 0.05) is 30.2 Å². The summed E-state index contributed by atoms with van der Waals surface area (Å²) in [4.78, 5) is 17.7. The number of benzene rings is 1. The number of amides is 1. The van der Waals surface area contributed by atoms with Gasteiger partial charge in [0.15, 0.2) is 5.82 Å². The van der Waals surface area contributed by atoms with E-state index in [9.17, 15) is 9.18 Å². The van der Waals surface area contributed by atoms with Crippen molar-refractivity contribution >= 4 is 23.3 Å². The SMILES string of the molecule is CCCC(CC1CCc2cc(F)cc(Cl)c2C1)C(=O)Nc1cn(C(C)(C)CNCC(C)(C)C)cn1. The van der Waals surface area contributed by atoms with Gasteiger partial charge in [-0.1, -0.05) is 45.7 Å². The number of fused-ring (bicyclic) bond motifs is 1. The molecule has 1 aliphatic carbocycles. The minimum Gasteiger partial charge on any atom is -0.328 e. The van der Waals surface area contributed by atoms with Gasteiger partial charge in [-0.3, -0.25) is 4.79 Å². The maximum absolute atomic E-state index is 13.7. The number of halogens is 2. The molecule has 2 atom stereocenters. The van der Waals surface area contributed by atoms with Crippen molar-refractivity contribution in [3.63, 3.8) is 0 Å². The second-order valence-electron chi connectivity index (χ2n) is 12.0. The van der Waals surface area contributed by atoms with Crippen molar-refractivity contribution in [1.29, 1.82) is 0 Å². The number of imidazole rings is 1. The van der Waals surface area contributed by atoms with E-state index in [1.807, 2.05) is 6.20 Å². The van der Waals surface area contributed by atoms with Crippen LogP contribution in [0.5, 0.6) is 0 Å². The highest BCUT2D eigenvalue weighted by atomic mass is 35.5. The van der Waals surface area contributed by atoms with Gasteiger partial charge in [-0.25, -0.2) is 9.37 Å². The number of nitrogens with one attached hydrogen (secondary N) is 2. The smallest absolute Gasteiger partial charge is 0.228 e. The van der Waals surface area contributed by atoms with Crippen LogP contribution in [0.15, 0.2) is 24.7 Å². The van der Waals surface area contributed by atoms with Gasteiger partial charge in [0.1, 0.15) is 5.82 Å². The molecule has 0 bridgehead atoms. The van der Waals surface area contributed by atoms with Crippen LogP contribution in [0, 0.1) is 23.1 Å². The Hall–Kier alpha value is -1.92. The largest absolute Gasteiger partial charge is 0.328 e. The Morgan fingerprint density at radius 2 is 2.00 bits per heavy atom. The first-order chi connectivity index (χ1) is 16.4. The van der Waals surface area contributed by atoms with E-state index in [2.05, 4.69) is 61.7 Å². The van der Waals surface area contributed by atoms with E-state index in [1.54, 1.807) is 12.4 Å². The lowest BCUT2D eigenvalue weighted by atomic mass is 9.78. The summed E-state index contributed by atoms with van der Waals surface area (Å²) in [7, 11) is 0. The van der Waals surface area contributed by atoms with E-state index in [0.29, 0.717) is 16.8 Å². The zero-order valence-corrected chi connectivity index (χ0v) is 22.9. The maximum atomic E-state index is 13.7. The summed E-state index contributed by atoms with van der Waals surface area (Å²) in [5.74, 6) is 0.614. The van der Waals surface area contributed by atoms with E-state index in [0.717, 1.165) is 62.7 Å². The molecule has 2 unspecified atom stereocenters. The molecule has 1 aromatic carbocycles. The van der Waals surface area contributed by atoms with Crippen molar-refractivity contribution in [2.75, 3.05) is 18.4 Å². The zero-order valence-electron chi connectivity index (χ0n) is 22.2. The number of aryl methyl sites for hydroxylation is 1. The molecule has 1 aromatic heterocycles. The molecule has 0 radical (unpaired) electrons. The van der Waals surface area contributed by atoms with Crippen LogP contribution >= 0.6 is 11.6 Å². The maximum Gasteiger partial charge on any atom is 0.228 e. The Balaban J connectivity index is 1.61. The molecule has 1 amide bonds. The molecule has 0 saturated heterocycles. The number of carbonyl (C=O) groups excluding carboxylic acids is 1. The molecule has 2 N–H and O–H groups in total. The van der Waals surface area contributed by atoms with E-state index in [-0.39, 0.29) is 28.6 Å². The second-order valence-corrected chi connectivity index (χ2v) is 12.4. The Kier molecular flexibility index (Phi) is 9.03. The number of rotatable bonds is 10. The van der Waals surface area contributed by atoms with Crippen LogP contribution in [0.1, 0.15) is 78.4 Å². The molecule has 194 valence electrons. The lowest BCUT2D eigenvalue weighted by Crippen LogP contribution is -2.40. The molecule has 1 aliphatic rings. The summed E-state index contributed by atoms with van der Waals surface area (Å²) in [5.41, 5.74) is 2.10. The topological polar surface area (TPSA) is 59.0 Å². The van der Waals surface area contributed by atoms with Gasteiger partial charge in [-0.05, 0) is 80.5 Å². The fourth-order valence-electron chi connectivity index (χ4n) is 4.95. The molecule has 35 heavy (non-hydrogen) atoms. The van der Waals surface area contributed by atoms with E-state index < -0.39 is 0 Å². The Morgan fingerprint density at radius 3 is 2.69 bits per heavy atom. The van der Waals surface area contributed by atoms with Gasteiger partial charge in [-0.2, -0.15) is 0 Å². The highest BCUT2D eigenvalue weighted by molar-refractivity contribution is 6.31. The van der Waals surface area contributed by atoms with Gasteiger partial charge in [0.25, 0.3) is 0 Å². The number of aromatic nitrogens is 2. The monoisotopic (exact) mass is 504 g/mol. The number of nitrogens with zero attached hydrogens (tertiary/aromatic N) is 2. The molecule has 5 nitrogen and oxygen atoms in total. The summed E-state index contributed by atoms with van der Waals surface area (Å²) >= 11 is 6.34. The number of hydrogen-bond donors (Lipinski definition) is 2. The molecule has 0 aliphatic heterocycles. The van der Waals surface area contributed by atoms with Crippen molar-refractivity contribution in [1.82, 2.24) is 14.9 Å². The van der Waals surface area contributed by atoms with Gasteiger partial charge in [0.05, 0.1) is 11.9 Å². The zero-order chi connectivity index (χ0) is 25.8. The average Bonchev–Trinajstić information content (AvgIpc) is 3.22. The highest BCUT2D eigenvalue weighted by Gasteiger charge is 2.28. The molecular weight excluding hydrogens is 463 g/mol. The fraction of sp³-hybridized carbons (Fsp3) is 0.643. The number of carbonyl (C=O) groups is 1. The molecule has 7 heteroatoms. The standard InChI is InChI=1S/C28H42ClFN4O/c1-7-8-21(11-19-9-10-20-13-22(30)14-24(29)23(20)12-19)26(35)33-25-15-34(18-32-25)28(5,6)17-31-16-27(2,3)4/h13-15,18-19,21,31H,7-12,16-17H2,1-6H3,(H,33,35). The third kappa shape index (κ3) is 7.78. The summed E-state index contributed by atoms with van der Waals surface area (Å²) in [6, 6.07) is 3.00. The van der Waals surface area contributed by atoms with Crippen LogP contribution in [0.25, 0.3) is 0 Å². The third-order valence-electron chi connectivity index (χ3n) is 6.94. The third-order valence-corrected chi connectivity index (χ3v) is 7.28. The molecular formula is C28H42ClFN4O. The van der Waals surface area contributed by atoms with Crippen molar-refractivity contribution < 1.29 is 9.18 Å². The molecule has 2 aromatic rings. The van der Waals surface area contributed by atoms with Crippen molar-refractivity contribution in [2.45, 2.75) is 85.6 Å². The first kappa shape index (κ1) is 27.7. The van der Waals surface area contributed by atoms with Crippen LogP contribution in [0.4, 0.5) is 10.2 Å². The summed E-state index contributed by atoms with van der Waals surface area (Å²) in [5, 5.41) is 7.11. The Morgan fingerprint density at radius 1 is 1.26 bits per heavy atom. The summed E-state index contributed by atoms with van der Waals surface area (Å²) in [6.07, 6.45) is 8.84. The molecule has 0 spiro atoms. The second kappa shape index (κ2) is 11.4. The minimum absolute atomic E-state index is 0.0248. The first-order valence-electron chi connectivity index (χ1n) is 12.9. The highest BCUT2D eigenvalue weighted by Crippen LogP contribution is 2.35. The van der Waals surface area contributed by atoms with Crippen LogP contribution in [0.2, 0.25) is 5.02 Å². The first-order valence-corrected chi connectivity index (χ1v) is 13.3. The Bertz CT molecular complexity index is 1010. The number of anilines is 1. The van der Waals surface area contributed by atoms with Gasteiger partial charge in [0.2, 0.25) is 5.91 Å². The van der Waals surface area contributed by atoms with Crippen LogP contribution in [0.3, 0.4) is 0 Å². The molecule has 0 fully saturated rings. The van der Waals surface area contributed by atoms with E-state index >= 15 is 0 Å². The lowest BCUT2D eigenvalue weighted by molar-refractivity contribution is -0.120. The van der Waals surface area contributed by atoms with E-state index in [1.165, 1.54) is 6.07 Å². The number of hydrogen-bond acceptors (Lipinski definition) is 3. The lowest BCUT2D eigenvalue weighted by Gasteiger charge is -2.29. The van der Waals surface area contributed by atoms with Crippen LogP contribution in [-0.4, -0.2) is 28.5 Å². The summed E-state index contributed by atoms with van der Waals surface area (Å²) in [6.45, 7) is 14.8. The van der Waals surface area contributed by atoms with Crippen LogP contribution < -0.4 is 10.6 Å². The molecule has 1 heterocycles. The van der Waals surface area contributed by atoms with Gasteiger partial charge >= 0.3 is 0 Å². The predicted octanol–water partition coefficient (Wildman–Crippen LogP) is 6.60. The Labute approximate surface area is 215 Å². The molecule has 3 rings (SSSR count). The van der Waals surface area contributed by atoms with Crippen molar-refractivity contribution in [3.05, 3.63) is 46.6 Å². The summed E-state index contributed by atoms with van der Waals surface area (Å²) < 4.78 is 15.8. The van der Waals surface area contributed by atoms with Gasteiger partial charge in [-0.15, -0.1) is 0 Å². The van der Waals surface area contributed by atoms with E-state index in [4.69, 9.17) is 11.6 Å². The quantitative estimate of drug-likeness (QED) is 0.383. The average molecular weight is 505 g/mol. The molecule has 0 saturated carbocycles. The predicted molar refractivity (Wildman–Crippen MR) is 142 cm³/mol. The van der Waals surface area contributed by atoms with Crippen molar-refractivity contribution in [2.24, 2.45) is 17.3 Å². The van der Waals surface area contributed by atoms with Crippen LogP contribution in [-0.2, 0) is 23.2 Å². The normalized spacial score (nSPS) is 17.2. The fourth-order valence-corrected chi connectivity index (χ4v) is 5.25. The minimum atomic E-state index is -0.275. The van der Waals surface area contributed by atoms with Gasteiger partial charge < -0.3 is 15.2 Å².